The maximum atomic E-state index is 11.7. The Kier molecular flexibility index (Phi) is 2.94. The van der Waals surface area contributed by atoms with Crippen molar-refractivity contribution in [3.8, 4) is 5.75 Å². The highest BCUT2D eigenvalue weighted by Crippen LogP contribution is 2.19. The molecular formula is C12H16O2. The molecule has 0 heterocycles. The normalized spacial score (nSPS) is 11.4. The van der Waals surface area contributed by atoms with E-state index in [0.29, 0.717) is 6.42 Å². The lowest BCUT2D eigenvalue weighted by molar-refractivity contribution is -0.125. The average molecular weight is 192 g/mol. The van der Waals surface area contributed by atoms with Crippen LogP contribution in [0.2, 0.25) is 0 Å². The van der Waals surface area contributed by atoms with Crippen molar-refractivity contribution in [2.75, 3.05) is 0 Å². The van der Waals surface area contributed by atoms with Crippen molar-refractivity contribution >= 4 is 5.78 Å². The Morgan fingerprint density at radius 1 is 1.36 bits per heavy atom. The SMILES string of the molecule is CC(C)(C)C(=O)Cc1cccc(O)c1. The predicted octanol–water partition coefficient (Wildman–Crippen LogP) is 2.55. The topological polar surface area (TPSA) is 37.3 Å². The van der Waals surface area contributed by atoms with Gasteiger partial charge in [0.25, 0.3) is 0 Å². The van der Waals surface area contributed by atoms with Crippen LogP contribution in [0, 0.1) is 5.41 Å². The molecule has 0 atom stereocenters. The number of Topliss-reactive ketones (excluding diaryl/α,β-unsaturated/α-hetero) is 1. The summed E-state index contributed by atoms with van der Waals surface area (Å²) in [7, 11) is 0. The summed E-state index contributed by atoms with van der Waals surface area (Å²) in [5.41, 5.74) is 0.552. The van der Waals surface area contributed by atoms with Crippen molar-refractivity contribution in [3.05, 3.63) is 29.8 Å². The molecule has 0 unspecified atom stereocenters. The number of benzene rings is 1. The molecule has 0 spiro atoms. The maximum Gasteiger partial charge on any atom is 0.142 e. The highest BCUT2D eigenvalue weighted by molar-refractivity contribution is 5.85. The second-order valence-electron chi connectivity index (χ2n) is 4.52. The quantitative estimate of drug-likeness (QED) is 0.781. The van der Waals surface area contributed by atoms with Crippen LogP contribution in [0.1, 0.15) is 26.3 Å². The number of phenolic OH excluding ortho intramolecular Hbond substituents is 1. The number of carbonyl (C=O) groups is 1. The van der Waals surface area contributed by atoms with Crippen molar-refractivity contribution in [1.29, 1.82) is 0 Å². The zero-order valence-electron chi connectivity index (χ0n) is 8.87. The average Bonchev–Trinajstić information content (AvgIpc) is 2.02. The summed E-state index contributed by atoms with van der Waals surface area (Å²) in [6, 6.07) is 6.83. The largest absolute Gasteiger partial charge is 0.508 e. The molecule has 0 aliphatic carbocycles. The number of rotatable bonds is 2. The molecule has 1 rings (SSSR count). The molecule has 0 bridgehead atoms. The van der Waals surface area contributed by atoms with Crippen molar-refractivity contribution in [2.45, 2.75) is 27.2 Å². The van der Waals surface area contributed by atoms with E-state index in [1.807, 2.05) is 26.8 Å². The van der Waals surface area contributed by atoms with Crippen LogP contribution in [0.15, 0.2) is 24.3 Å². The van der Waals surface area contributed by atoms with E-state index in [2.05, 4.69) is 0 Å². The fraction of sp³-hybridized carbons (Fsp3) is 0.417. The van der Waals surface area contributed by atoms with Gasteiger partial charge in [-0.3, -0.25) is 4.79 Å². The van der Waals surface area contributed by atoms with Crippen LogP contribution < -0.4 is 0 Å². The fourth-order valence-corrected chi connectivity index (χ4v) is 1.12. The van der Waals surface area contributed by atoms with E-state index in [4.69, 9.17) is 0 Å². The number of hydrogen-bond donors (Lipinski definition) is 1. The summed E-state index contributed by atoms with van der Waals surface area (Å²) >= 11 is 0. The standard InChI is InChI=1S/C12H16O2/c1-12(2,3)11(14)8-9-5-4-6-10(13)7-9/h4-7,13H,8H2,1-3H3. The Hall–Kier alpha value is -1.31. The molecule has 2 heteroatoms. The zero-order valence-corrected chi connectivity index (χ0v) is 8.87. The third kappa shape index (κ3) is 2.87. The Morgan fingerprint density at radius 2 is 2.00 bits per heavy atom. The summed E-state index contributed by atoms with van der Waals surface area (Å²) in [6.45, 7) is 5.70. The fourth-order valence-electron chi connectivity index (χ4n) is 1.12. The van der Waals surface area contributed by atoms with Gasteiger partial charge in [-0.1, -0.05) is 32.9 Å². The highest BCUT2D eigenvalue weighted by atomic mass is 16.3. The molecular weight excluding hydrogens is 176 g/mol. The van der Waals surface area contributed by atoms with E-state index in [1.165, 1.54) is 0 Å². The van der Waals surface area contributed by atoms with Gasteiger partial charge < -0.3 is 5.11 Å². The first-order chi connectivity index (χ1) is 6.39. The van der Waals surface area contributed by atoms with Crippen molar-refractivity contribution in [2.24, 2.45) is 5.41 Å². The van der Waals surface area contributed by atoms with Gasteiger partial charge in [0.15, 0.2) is 0 Å². The molecule has 0 fully saturated rings. The van der Waals surface area contributed by atoms with Gasteiger partial charge in [0, 0.05) is 11.8 Å². The van der Waals surface area contributed by atoms with Crippen molar-refractivity contribution in [3.63, 3.8) is 0 Å². The van der Waals surface area contributed by atoms with Crippen LogP contribution in [-0.4, -0.2) is 10.9 Å². The van der Waals surface area contributed by atoms with Crippen LogP contribution >= 0.6 is 0 Å². The van der Waals surface area contributed by atoms with E-state index < -0.39 is 0 Å². The summed E-state index contributed by atoms with van der Waals surface area (Å²) in [5.74, 6) is 0.396. The van der Waals surface area contributed by atoms with Crippen LogP contribution in [0.4, 0.5) is 0 Å². The van der Waals surface area contributed by atoms with Crippen LogP contribution in [0.5, 0.6) is 5.75 Å². The van der Waals surface area contributed by atoms with E-state index in [9.17, 15) is 9.90 Å². The first-order valence-corrected chi connectivity index (χ1v) is 4.71. The van der Waals surface area contributed by atoms with Gasteiger partial charge in [-0.2, -0.15) is 0 Å². The first kappa shape index (κ1) is 10.8. The molecule has 0 saturated heterocycles. The van der Waals surface area contributed by atoms with Crippen LogP contribution in [0.25, 0.3) is 0 Å². The van der Waals surface area contributed by atoms with Crippen molar-refractivity contribution < 1.29 is 9.90 Å². The smallest absolute Gasteiger partial charge is 0.142 e. The Bertz CT molecular complexity index is 334. The molecule has 0 aromatic heterocycles. The molecule has 0 aliphatic rings. The monoisotopic (exact) mass is 192 g/mol. The van der Waals surface area contributed by atoms with Gasteiger partial charge in [-0.05, 0) is 17.7 Å². The molecule has 0 radical (unpaired) electrons. The molecule has 14 heavy (non-hydrogen) atoms. The predicted molar refractivity (Wildman–Crippen MR) is 56.3 cm³/mol. The van der Waals surface area contributed by atoms with Gasteiger partial charge in [-0.15, -0.1) is 0 Å². The lowest BCUT2D eigenvalue weighted by atomic mass is 9.87. The Balaban J connectivity index is 2.75. The number of ketones is 1. The Morgan fingerprint density at radius 3 is 2.50 bits per heavy atom. The molecule has 1 N–H and O–H groups in total. The van der Waals surface area contributed by atoms with Gasteiger partial charge >= 0.3 is 0 Å². The minimum Gasteiger partial charge on any atom is -0.508 e. The van der Waals surface area contributed by atoms with E-state index >= 15 is 0 Å². The molecule has 1 aromatic carbocycles. The molecule has 0 amide bonds. The summed E-state index contributed by atoms with van der Waals surface area (Å²) < 4.78 is 0. The second-order valence-corrected chi connectivity index (χ2v) is 4.52. The molecule has 2 nitrogen and oxygen atoms in total. The van der Waals surface area contributed by atoms with Gasteiger partial charge in [0.05, 0.1) is 0 Å². The van der Waals surface area contributed by atoms with E-state index in [1.54, 1.807) is 18.2 Å². The summed E-state index contributed by atoms with van der Waals surface area (Å²) in [5, 5.41) is 9.22. The lowest BCUT2D eigenvalue weighted by Gasteiger charge is -2.16. The lowest BCUT2D eigenvalue weighted by Crippen LogP contribution is -2.21. The van der Waals surface area contributed by atoms with Gasteiger partial charge in [0.1, 0.15) is 11.5 Å². The Labute approximate surface area is 84.6 Å². The third-order valence-corrected chi connectivity index (χ3v) is 2.11. The van der Waals surface area contributed by atoms with Crippen molar-refractivity contribution in [1.82, 2.24) is 0 Å². The van der Waals surface area contributed by atoms with Gasteiger partial charge in [0.2, 0.25) is 0 Å². The first-order valence-electron chi connectivity index (χ1n) is 4.71. The summed E-state index contributed by atoms with van der Waals surface area (Å²) in [4.78, 5) is 11.7. The molecule has 76 valence electrons. The number of hydrogen-bond acceptors (Lipinski definition) is 2. The van der Waals surface area contributed by atoms with Crippen LogP contribution in [0.3, 0.4) is 0 Å². The zero-order chi connectivity index (χ0) is 10.8. The summed E-state index contributed by atoms with van der Waals surface area (Å²) in [6.07, 6.45) is 0.387. The van der Waals surface area contributed by atoms with E-state index in [0.717, 1.165) is 5.56 Å². The second kappa shape index (κ2) is 3.82. The molecule has 1 aromatic rings. The molecule has 0 saturated carbocycles. The van der Waals surface area contributed by atoms with E-state index in [-0.39, 0.29) is 16.9 Å². The maximum absolute atomic E-state index is 11.7. The number of aromatic hydroxyl groups is 1. The molecule has 0 aliphatic heterocycles. The minimum absolute atomic E-state index is 0.183. The minimum atomic E-state index is -0.314. The van der Waals surface area contributed by atoms with Crippen LogP contribution in [-0.2, 0) is 11.2 Å². The highest BCUT2D eigenvalue weighted by Gasteiger charge is 2.20. The van der Waals surface area contributed by atoms with Gasteiger partial charge in [-0.25, -0.2) is 0 Å². The third-order valence-electron chi connectivity index (χ3n) is 2.11. The number of phenols is 1. The number of carbonyl (C=O) groups excluding carboxylic acids is 1.